The Morgan fingerprint density at radius 3 is 2.80 bits per heavy atom. The number of aromatic nitrogens is 1. The van der Waals surface area contributed by atoms with E-state index in [0.29, 0.717) is 17.8 Å². The molecule has 2 heterocycles. The van der Waals surface area contributed by atoms with Crippen molar-refractivity contribution in [1.29, 1.82) is 0 Å². The van der Waals surface area contributed by atoms with Gasteiger partial charge in [0.1, 0.15) is 12.0 Å². The van der Waals surface area contributed by atoms with E-state index in [1.165, 1.54) is 6.20 Å². The molecule has 130 valence electrons. The van der Waals surface area contributed by atoms with Crippen molar-refractivity contribution in [3.05, 3.63) is 57.8 Å². The van der Waals surface area contributed by atoms with Gasteiger partial charge in [-0.25, -0.2) is 4.98 Å². The van der Waals surface area contributed by atoms with Gasteiger partial charge >= 0.3 is 0 Å². The predicted molar refractivity (Wildman–Crippen MR) is 95.7 cm³/mol. The van der Waals surface area contributed by atoms with Crippen LogP contribution in [0.5, 0.6) is 0 Å². The predicted octanol–water partition coefficient (Wildman–Crippen LogP) is 3.60. The number of nitrogens with zero attached hydrogens (tertiary/aromatic N) is 3. The van der Waals surface area contributed by atoms with Crippen molar-refractivity contribution in [3.63, 3.8) is 0 Å². The van der Waals surface area contributed by atoms with E-state index in [1.807, 2.05) is 36.1 Å². The second-order valence-corrected chi connectivity index (χ2v) is 6.22. The lowest BCUT2D eigenvalue weighted by Gasteiger charge is -2.20. The summed E-state index contributed by atoms with van der Waals surface area (Å²) in [6.45, 7) is 4.44. The molecule has 0 bridgehead atoms. The number of carbonyl (C=O) groups excluding carboxylic acids is 1. The minimum atomic E-state index is -0.438. The highest BCUT2D eigenvalue weighted by molar-refractivity contribution is 5.95. The third-order valence-corrected chi connectivity index (χ3v) is 4.40. The molecule has 1 aliphatic rings. The Morgan fingerprint density at radius 2 is 2.16 bits per heavy atom. The summed E-state index contributed by atoms with van der Waals surface area (Å²) in [5, 5.41) is 14.1. The van der Waals surface area contributed by atoms with Gasteiger partial charge in [0, 0.05) is 24.2 Å². The van der Waals surface area contributed by atoms with E-state index in [-0.39, 0.29) is 17.6 Å². The third kappa shape index (κ3) is 3.60. The van der Waals surface area contributed by atoms with E-state index >= 15 is 0 Å². The number of benzene rings is 1. The second-order valence-electron chi connectivity index (χ2n) is 6.22. The van der Waals surface area contributed by atoms with E-state index in [2.05, 4.69) is 10.3 Å². The number of nitro groups is 1. The highest BCUT2D eigenvalue weighted by atomic mass is 16.6. The van der Waals surface area contributed by atoms with Gasteiger partial charge in [0.15, 0.2) is 0 Å². The molecule has 0 aliphatic carbocycles. The molecule has 7 nitrogen and oxygen atoms in total. The quantitative estimate of drug-likeness (QED) is 0.663. The average Bonchev–Trinajstić information content (AvgIpc) is 3.01. The molecule has 1 unspecified atom stereocenters. The zero-order chi connectivity index (χ0) is 18.0. The Labute approximate surface area is 145 Å². The number of anilines is 2. The Balaban J connectivity index is 1.77. The van der Waals surface area contributed by atoms with Crippen LogP contribution in [0.2, 0.25) is 0 Å². The molecule has 1 aromatic heterocycles. The number of hydrogen-bond donors (Lipinski definition) is 1. The number of aryl methyl sites for hydroxylation is 1. The van der Waals surface area contributed by atoms with Crippen molar-refractivity contribution in [3.8, 4) is 0 Å². The van der Waals surface area contributed by atoms with Gasteiger partial charge in [0.05, 0.1) is 11.0 Å². The molecule has 1 aliphatic heterocycles. The van der Waals surface area contributed by atoms with Crippen molar-refractivity contribution >= 4 is 23.1 Å². The van der Waals surface area contributed by atoms with Crippen molar-refractivity contribution in [1.82, 2.24) is 4.98 Å². The highest BCUT2D eigenvalue weighted by Gasteiger charge is 2.22. The summed E-state index contributed by atoms with van der Waals surface area (Å²) < 4.78 is 0. The Hall–Kier alpha value is -2.96. The molecule has 25 heavy (non-hydrogen) atoms. The van der Waals surface area contributed by atoms with Gasteiger partial charge in [0.2, 0.25) is 5.91 Å². The summed E-state index contributed by atoms with van der Waals surface area (Å²) in [4.78, 5) is 28.3. The summed E-state index contributed by atoms with van der Waals surface area (Å²) in [5.74, 6) is 0.740. The molecule has 7 heteroatoms. The lowest BCUT2D eigenvalue weighted by molar-refractivity contribution is -0.385. The summed E-state index contributed by atoms with van der Waals surface area (Å²) in [6.07, 6.45) is 2.76. The van der Waals surface area contributed by atoms with E-state index in [4.69, 9.17) is 0 Å². The first-order valence-corrected chi connectivity index (χ1v) is 8.23. The van der Waals surface area contributed by atoms with E-state index in [0.717, 1.165) is 24.2 Å². The molecule has 1 saturated heterocycles. The number of pyridine rings is 1. The molecule has 0 saturated carbocycles. The Kier molecular flexibility index (Phi) is 4.65. The van der Waals surface area contributed by atoms with Crippen LogP contribution < -0.4 is 10.2 Å². The third-order valence-electron chi connectivity index (χ3n) is 4.40. The van der Waals surface area contributed by atoms with Crippen LogP contribution in [0.1, 0.15) is 36.9 Å². The first-order chi connectivity index (χ1) is 12.0. The second kappa shape index (κ2) is 6.88. The standard InChI is InChI=1S/C18H20N4O3/c1-12-9-17(19-11-16(12)22(24)25)20-13(2)14-5-3-6-15(10-14)21-8-4-7-18(21)23/h3,5-6,9-11,13H,4,7-8H2,1-2H3,(H,19,20). The fourth-order valence-corrected chi connectivity index (χ4v) is 3.01. The highest BCUT2D eigenvalue weighted by Crippen LogP contribution is 2.27. The van der Waals surface area contributed by atoms with E-state index in [9.17, 15) is 14.9 Å². The van der Waals surface area contributed by atoms with Crippen LogP contribution in [0.15, 0.2) is 36.5 Å². The van der Waals surface area contributed by atoms with Crippen molar-refractivity contribution in [2.75, 3.05) is 16.8 Å². The number of rotatable bonds is 5. The first kappa shape index (κ1) is 16.9. The van der Waals surface area contributed by atoms with Crippen LogP contribution in [-0.2, 0) is 4.79 Å². The Morgan fingerprint density at radius 1 is 1.36 bits per heavy atom. The summed E-state index contributed by atoms with van der Waals surface area (Å²) in [5.41, 5.74) is 2.50. The van der Waals surface area contributed by atoms with Gasteiger partial charge in [-0.2, -0.15) is 0 Å². The van der Waals surface area contributed by atoms with Crippen LogP contribution in [0.25, 0.3) is 0 Å². The van der Waals surface area contributed by atoms with E-state index < -0.39 is 4.92 Å². The number of amides is 1. The van der Waals surface area contributed by atoms with Crippen LogP contribution >= 0.6 is 0 Å². The van der Waals surface area contributed by atoms with Gasteiger partial charge in [-0.15, -0.1) is 0 Å². The maximum Gasteiger partial charge on any atom is 0.290 e. The van der Waals surface area contributed by atoms with Gasteiger partial charge in [-0.3, -0.25) is 14.9 Å². The summed E-state index contributed by atoms with van der Waals surface area (Å²) in [6, 6.07) is 9.48. The maximum atomic E-state index is 11.9. The number of hydrogen-bond acceptors (Lipinski definition) is 5. The zero-order valence-electron chi connectivity index (χ0n) is 14.2. The molecule has 1 atom stereocenters. The van der Waals surface area contributed by atoms with Gasteiger partial charge in [-0.1, -0.05) is 12.1 Å². The smallest absolute Gasteiger partial charge is 0.290 e. The largest absolute Gasteiger partial charge is 0.364 e. The normalized spacial score (nSPS) is 15.3. The van der Waals surface area contributed by atoms with E-state index in [1.54, 1.807) is 13.0 Å². The van der Waals surface area contributed by atoms with Gasteiger partial charge < -0.3 is 10.2 Å². The molecule has 0 radical (unpaired) electrons. The minimum Gasteiger partial charge on any atom is -0.364 e. The topological polar surface area (TPSA) is 88.4 Å². The molecule has 1 aromatic carbocycles. The number of nitrogens with one attached hydrogen (secondary N) is 1. The molecule has 2 aromatic rings. The minimum absolute atomic E-state index is 0.00717. The fraction of sp³-hybridized carbons (Fsp3) is 0.333. The molecule has 1 amide bonds. The summed E-state index contributed by atoms with van der Waals surface area (Å²) >= 11 is 0. The zero-order valence-corrected chi connectivity index (χ0v) is 14.2. The average molecular weight is 340 g/mol. The SMILES string of the molecule is Cc1cc(NC(C)c2cccc(N3CCCC3=O)c2)ncc1[N+](=O)[O-]. The fourth-order valence-electron chi connectivity index (χ4n) is 3.01. The van der Waals surface area contributed by atoms with Crippen LogP contribution in [-0.4, -0.2) is 22.4 Å². The van der Waals surface area contributed by atoms with Crippen molar-refractivity contribution < 1.29 is 9.72 Å². The summed E-state index contributed by atoms with van der Waals surface area (Å²) in [7, 11) is 0. The lowest BCUT2D eigenvalue weighted by Crippen LogP contribution is -2.23. The van der Waals surface area contributed by atoms with Gasteiger partial charge in [0.25, 0.3) is 5.69 Å². The first-order valence-electron chi connectivity index (χ1n) is 8.23. The van der Waals surface area contributed by atoms with Gasteiger partial charge in [-0.05, 0) is 44.0 Å². The molecule has 1 fully saturated rings. The molecular formula is C18H20N4O3. The Bertz CT molecular complexity index is 822. The van der Waals surface area contributed by atoms with Crippen LogP contribution in [0.3, 0.4) is 0 Å². The van der Waals surface area contributed by atoms with Crippen molar-refractivity contribution in [2.24, 2.45) is 0 Å². The maximum absolute atomic E-state index is 11.9. The monoisotopic (exact) mass is 340 g/mol. The molecular weight excluding hydrogens is 320 g/mol. The lowest BCUT2D eigenvalue weighted by atomic mass is 10.1. The molecule has 3 rings (SSSR count). The molecule has 1 N–H and O–H groups in total. The van der Waals surface area contributed by atoms with Crippen LogP contribution in [0.4, 0.5) is 17.2 Å². The van der Waals surface area contributed by atoms with Crippen LogP contribution in [0, 0.1) is 17.0 Å². The number of carbonyl (C=O) groups is 1. The molecule has 0 spiro atoms. The van der Waals surface area contributed by atoms with Crippen molar-refractivity contribution in [2.45, 2.75) is 32.7 Å².